The van der Waals surface area contributed by atoms with Gasteiger partial charge in [-0.15, -0.1) is 11.3 Å². The van der Waals surface area contributed by atoms with Gasteiger partial charge in [-0.2, -0.15) is 5.26 Å². The molecule has 0 radical (unpaired) electrons. The highest BCUT2D eigenvalue weighted by atomic mass is 32.1. The largest absolute Gasteiger partial charge is 0.335 e. The van der Waals surface area contributed by atoms with Crippen molar-refractivity contribution in [1.82, 2.24) is 10.1 Å². The van der Waals surface area contributed by atoms with Gasteiger partial charge in [-0.05, 0) is 48.7 Å². The fourth-order valence-corrected chi connectivity index (χ4v) is 3.34. The zero-order valence-corrected chi connectivity index (χ0v) is 14.5. The number of amides is 1. The van der Waals surface area contributed by atoms with Gasteiger partial charge >= 0.3 is 0 Å². The van der Waals surface area contributed by atoms with E-state index in [1.165, 1.54) is 11.3 Å². The van der Waals surface area contributed by atoms with Crippen LogP contribution in [0.3, 0.4) is 0 Å². The highest BCUT2D eigenvalue weighted by Crippen LogP contribution is 2.29. The lowest BCUT2D eigenvalue weighted by molar-refractivity contribution is 0.102. The van der Waals surface area contributed by atoms with Gasteiger partial charge in [0, 0.05) is 5.69 Å². The molecule has 0 bridgehead atoms. The van der Waals surface area contributed by atoms with Crippen LogP contribution in [-0.4, -0.2) is 16.0 Å². The number of thiophene rings is 1. The van der Waals surface area contributed by atoms with Gasteiger partial charge in [-0.25, -0.2) is 4.98 Å². The van der Waals surface area contributed by atoms with Gasteiger partial charge in [0.05, 0.1) is 38.8 Å². The van der Waals surface area contributed by atoms with Gasteiger partial charge in [0.1, 0.15) is 0 Å². The lowest BCUT2D eigenvalue weighted by Gasteiger charge is -2.08. The van der Waals surface area contributed by atoms with E-state index < -0.39 is 0 Å². The maximum Gasteiger partial charge on any atom is 0.259 e. The smallest absolute Gasteiger partial charge is 0.259 e. The fourth-order valence-electron chi connectivity index (χ4n) is 2.65. The normalized spacial score (nSPS) is 10.6. The van der Waals surface area contributed by atoms with E-state index in [0.717, 1.165) is 4.88 Å². The molecule has 6 nitrogen and oxygen atoms in total. The Kier molecular flexibility index (Phi) is 3.95. The first-order valence-electron chi connectivity index (χ1n) is 7.78. The number of aryl methyl sites for hydroxylation is 1. The van der Waals surface area contributed by atoms with Crippen LogP contribution in [0.15, 0.2) is 52.4 Å². The van der Waals surface area contributed by atoms with E-state index in [1.807, 2.05) is 23.6 Å². The molecule has 26 heavy (non-hydrogen) atoms. The number of rotatable bonds is 3. The van der Waals surface area contributed by atoms with Crippen molar-refractivity contribution >= 4 is 34.0 Å². The van der Waals surface area contributed by atoms with Crippen molar-refractivity contribution in [2.24, 2.45) is 0 Å². The molecule has 0 aliphatic carbocycles. The van der Waals surface area contributed by atoms with Crippen molar-refractivity contribution in [1.29, 1.82) is 5.26 Å². The monoisotopic (exact) mass is 360 g/mol. The van der Waals surface area contributed by atoms with Crippen molar-refractivity contribution < 1.29 is 9.32 Å². The average molecular weight is 360 g/mol. The zero-order chi connectivity index (χ0) is 18.1. The van der Waals surface area contributed by atoms with Crippen LogP contribution in [0.2, 0.25) is 0 Å². The molecular weight excluding hydrogens is 348 g/mol. The van der Waals surface area contributed by atoms with Crippen molar-refractivity contribution in [3.05, 3.63) is 64.7 Å². The quantitative estimate of drug-likeness (QED) is 0.585. The molecule has 0 aliphatic heterocycles. The fraction of sp³-hybridized carbons (Fsp3) is 0.0526. The second kappa shape index (κ2) is 6.43. The topological polar surface area (TPSA) is 91.8 Å². The minimum absolute atomic E-state index is 0.286. The van der Waals surface area contributed by atoms with E-state index in [0.29, 0.717) is 39.3 Å². The standard InChI is InChI=1S/C19H12N4O2S/c1-11-17-14(18(24)21-13-6-4-12(10-20)5-7-13)9-15(16-3-2-8-26-16)22-19(17)25-23-11/h2-9H,1H3,(H,21,24). The number of nitrogens with one attached hydrogen (secondary N) is 1. The summed E-state index contributed by atoms with van der Waals surface area (Å²) in [4.78, 5) is 18.3. The average Bonchev–Trinajstić information content (AvgIpc) is 3.32. The number of fused-ring (bicyclic) bond motifs is 1. The third-order valence-electron chi connectivity index (χ3n) is 3.91. The molecule has 1 N–H and O–H groups in total. The second-order valence-electron chi connectivity index (χ2n) is 5.62. The predicted molar refractivity (Wildman–Crippen MR) is 99.0 cm³/mol. The molecular formula is C19H12N4O2S. The summed E-state index contributed by atoms with van der Waals surface area (Å²) in [6, 6.07) is 14.3. The number of carbonyl (C=O) groups is 1. The molecule has 3 aromatic heterocycles. The Hall–Kier alpha value is -3.50. The minimum Gasteiger partial charge on any atom is -0.335 e. The Morgan fingerprint density at radius 2 is 2.08 bits per heavy atom. The number of carbonyl (C=O) groups excluding carboxylic acids is 1. The molecule has 7 heteroatoms. The summed E-state index contributed by atoms with van der Waals surface area (Å²) < 4.78 is 5.29. The van der Waals surface area contributed by atoms with E-state index in [-0.39, 0.29) is 5.91 Å². The summed E-state index contributed by atoms with van der Waals surface area (Å²) in [5.41, 5.74) is 3.18. The zero-order valence-electron chi connectivity index (χ0n) is 13.7. The van der Waals surface area contributed by atoms with E-state index in [4.69, 9.17) is 9.78 Å². The van der Waals surface area contributed by atoms with Crippen LogP contribution in [0.1, 0.15) is 21.6 Å². The van der Waals surface area contributed by atoms with Crippen LogP contribution in [0.4, 0.5) is 5.69 Å². The number of pyridine rings is 1. The summed E-state index contributed by atoms with van der Waals surface area (Å²) in [6.07, 6.45) is 0. The molecule has 0 atom stereocenters. The molecule has 4 aromatic rings. The number of hydrogen-bond donors (Lipinski definition) is 1. The molecule has 0 saturated carbocycles. The van der Waals surface area contributed by atoms with E-state index in [2.05, 4.69) is 15.5 Å². The van der Waals surface area contributed by atoms with Gasteiger partial charge in [0.15, 0.2) is 0 Å². The Morgan fingerprint density at radius 1 is 1.27 bits per heavy atom. The molecule has 4 rings (SSSR count). The molecule has 126 valence electrons. The van der Waals surface area contributed by atoms with E-state index in [9.17, 15) is 4.79 Å². The Labute approximate surface area is 152 Å². The van der Waals surface area contributed by atoms with Gasteiger partial charge in [0.25, 0.3) is 11.6 Å². The van der Waals surface area contributed by atoms with Crippen molar-refractivity contribution in [3.8, 4) is 16.6 Å². The third kappa shape index (κ3) is 2.83. The van der Waals surface area contributed by atoms with Crippen molar-refractivity contribution in [2.45, 2.75) is 6.92 Å². The van der Waals surface area contributed by atoms with Crippen molar-refractivity contribution in [3.63, 3.8) is 0 Å². The SMILES string of the molecule is Cc1noc2nc(-c3cccs3)cc(C(=O)Nc3ccc(C#N)cc3)c12. The highest BCUT2D eigenvalue weighted by molar-refractivity contribution is 7.13. The molecule has 1 amide bonds. The summed E-state index contributed by atoms with van der Waals surface area (Å²) in [6.45, 7) is 1.77. The molecule has 0 unspecified atom stereocenters. The number of benzene rings is 1. The predicted octanol–water partition coefficient (Wildman–Crippen LogP) is 4.38. The van der Waals surface area contributed by atoms with Crippen LogP contribution in [0, 0.1) is 18.3 Å². The first-order chi connectivity index (χ1) is 12.7. The van der Waals surface area contributed by atoms with E-state index >= 15 is 0 Å². The number of aromatic nitrogens is 2. The number of nitrogens with zero attached hydrogens (tertiary/aromatic N) is 3. The second-order valence-corrected chi connectivity index (χ2v) is 6.57. The molecule has 0 fully saturated rings. The number of anilines is 1. The summed E-state index contributed by atoms with van der Waals surface area (Å²) in [5, 5.41) is 18.2. The highest BCUT2D eigenvalue weighted by Gasteiger charge is 2.19. The minimum atomic E-state index is -0.286. The molecule has 3 heterocycles. The number of nitriles is 1. The third-order valence-corrected chi connectivity index (χ3v) is 4.80. The first kappa shape index (κ1) is 16.0. The van der Waals surface area contributed by atoms with Gasteiger partial charge in [-0.3, -0.25) is 4.79 Å². The maximum absolute atomic E-state index is 12.9. The van der Waals surface area contributed by atoms with Crippen LogP contribution in [0.25, 0.3) is 21.7 Å². The van der Waals surface area contributed by atoms with Gasteiger partial charge < -0.3 is 9.84 Å². The summed E-state index contributed by atoms with van der Waals surface area (Å²) in [5.74, 6) is -0.286. The van der Waals surface area contributed by atoms with Crippen LogP contribution in [-0.2, 0) is 0 Å². The molecule has 0 saturated heterocycles. The van der Waals surface area contributed by atoms with Crippen LogP contribution in [0.5, 0.6) is 0 Å². The Bertz CT molecular complexity index is 1140. The lowest BCUT2D eigenvalue weighted by atomic mass is 10.1. The number of hydrogen-bond acceptors (Lipinski definition) is 6. The molecule has 1 aromatic carbocycles. The maximum atomic E-state index is 12.9. The molecule has 0 aliphatic rings. The Morgan fingerprint density at radius 3 is 2.77 bits per heavy atom. The molecule has 0 spiro atoms. The van der Waals surface area contributed by atoms with Crippen LogP contribution >= 0.6 is 11.3 Å². The van der Waals surface area contributed by atoms with Gasteiger partial charge in [-0.1, -0.05) is 11.2 Å². The summed E-state index contributed by atoms with van der Waals surface area (Å²) in [7, 11) is 0. The van der Waals surface area contributed by atoms with Gasteiger partial charge in [0.2, 0.25) is 0 Å². The first-order valence-corrected chi connectivity index (χ1v) is 8.66. The Balaban J connectivity index is 1.77. The van der Waals surface area contributed by atoms with Crippen molar-refractivity contribution in [2.75, 3.05) is 5.32 Å². The van der Waals surface area contributed by atoms with Crippen LogP contribution < -0.4 is 5.32 Å². The lowest BCUT2D eigenvalue weighted by Crippen LogP contribution is -2.13. The van der Waals surface area contributed by atoms with E-state index in [1.54, 1.807) is 37.3 Å². The summed E-state index contributed by atoms with van der Waals surface area (Å²) >= 11 is 1.53.